The van der Waals surface area contributed by atoms with E-state index in [4.69, 9.17) is 0 Å². The van der Waals surface area contributed by atoms with Crippen LogP contribution in [0.1, 0.15) is 36.0 Å². The van der Waals surface area contributed by atoms with Gasteiger partial charge in [0.25, 0.3) is 11.8 Å². The summed E-state index contributed by atoms with van der Waals surface area (Å²) in [6.45, 7) is 1.11. The predicted molar refractivity (Wildman–Crippen MR) is 90.0 cm³/mol. The minimum Gasteiger partial charge on any atom is -0.349 e. The Kier molecular flexibility index (Phi) is 5.19. The number of likely N-dealkylation sites (tertiary alicyclic amines) is 1. The van der Waals surface area contributed by atoms with Crippen LogP contribution in [0.25, 0.3) is 0 Å². The van der Waals surface area contributed by atoms with E-state index in [1.165, 1.54) is 6.20 Å². The molecule has 5 amide bonds. The molecule has 1 aromatic rings. The van der Waals surface area contributed by atoms with E-state index in [9.17, 15) is 19.2 Å². The molecule has 140 valence electrons. The summed E-state index contributed by atoms with van der Waals surface area (Å²) in [5.41, 5.74) is 0.517. The number of hydrogen-bond donors (Lipinski definition) is 3. The fourth-order valence-electron chi connectivity index (χ4n) is 3.17. The highest BCUT2D eigenvalue weighted by Crippen LogP contribution is 2.14. The van der Waals surface area contributed by atoms with E-state index < -0.39 is 12.1 Å². The van der Waals surface area contributed by atoms with Crippen LogP contribution in [-0.2, 0) is 16.6 Å². The first-order valence-electron chi connectivity index (χ1n) is 8.61. The third-order valence-electron chi connectivity index (χ3n) is 4.66. The normalized spacial score (nSPS) is 20.7. The summed E-state index contributed by atoms with van der Waals surface area (Å²) in [6.07, 6.45) is 5.02. The molecule has 0 aromatic carbocycles. The maximum atomic E-state index is 12.3. The monoisotopic (exact) mass is 362 g/mol. The van der Waals surface area contributed by atoms with Crippen molar-refractivity contribution in [3.05, 3.63) is 18.0 Å². The molecule has 0 bridgehead atoms. The molecule has 0 radical (unpaired) electrons. The molecule has 1 aromatic heterocycles. The summed E-state index contributed by atoms with van der Waals surface area (Å²) >= 11 is 0. The molecule has 0 aliphatic carbocycles. The van der Waals surface area contributed by atoms with Gasteiger partial charge in [0, 0.05) is 38.8 Å². The molecule has 3 heterocycles. The quantitative estimate of drug-likeness (QED) is 0.587. The molecule has 2 fully saturated rings. The molecule has 1 unspecified atom stereocenters. The molecule has 0 saturated carbocycles. The van der Waals surface area contributed by atoms with Crippen molar-refractivity contribution < 1.29 is 19.2 Å². The standard InChI is InChI=1S/C16H22N6O4/c1-21-9-10(8-17-21)14(24)18-11-4-6-22(7-5-11)13(23)3-2-12-15(25)20-16(26)19-12/h8-9,11-12H,2-7H2,1H3,(H,18,24)(H2,19,20,25,26). The van der Waals surface area contributed by atoms with Crippen LogP contribution in [0.15, 0.2) is 12.4 Å². The zero-order chi connectivity index (χ0) is 18.7. The Bertz CT molecular complexity index is 722. The number of carbonyl (C=O) groups is 4. The fourth-order valence-corrected chi connectivity index (χ4v) is 3.17. The molecule has 3 N–H and O–H groups in total. The van der Waals surface area contributed by atoms with Crippen molar-refractivity contribution in [3.63, 3.8) is 0 Å². The number of urea groups is 1. The van der Waals surface area contributed by atoms with Gasteiger partial charge >= 0.3 is 6.03 Å². The molecular weight excluding hydrogens is 340 g/mol. The van der Waals surface area contributed by atoms with Crippen LogP contribution < -0.4 is 16.0 Å². The van der Waals surface area contributed by atoms with E-state index in [2.05, 4.69) is 21.0 Å². The van der Waals surface area contributed by atoms with Gasteiger partial charge in [-0.05, 0) is 19.3 Å². The number of piperidine rings is 1. The van der Waals surface area contributed by atoms with Crippen molar-refractivity contribution in [2.75, 3.05) is 13.1 Å². The molecule has 1 atom stereocenters. The molecule has 10 heteroatoms. The summed E-state index contributed by atoms with van der Waals surface area (Å²) in [5, 5.41) is 11.6. The van der Waals surface area contributed by atoms with Crippen molar-refractivity contribution >= 4 is 23.8 Å². The van der Waals surface area contributed by atoms with Gasteiger partial charge in [-0.2, -0.15) is 5.10 Å². The van der Waals surface area contributed by atoms with Crippen LogP contribution in [0.4, 0.5) is 4.79 Å². The second-order valence-electron chi connectivity index (χ2n) is 6.59. The topological polar surface area (TPSA) is 125 Å². The predicted octanol–water partition coefficient (Wildman–Crippen LogP) is -0.871. The Morgan fingerprint density at radius 3 is 2.62 bits per heavy atom. The molecule has 2 aliphatic heterocycles. The lowest BCUT2D eigenvalue weighted by Crippen LogP contribution is -2.46. The average molecular weight is 362 g/mol. The van der Waals surface area contributed by atoms with Gasteiger partial charge in [0.15, 0.2) is 0 Å². The van der Waals surface area contributed by atoms with Gasteiger partial charge < -0.3 is 15.5 Å². The molecular formula is C16H22N6O4. The summed E-state index contributed by atoms with van der Waals surface area (Å²) < 4.78 is 1.57. The van der Waals surface area contributed by atoms with Crippen molar-refractivity contribution in [2.24, 2.45) is 7.05 Å². The third-order valence-corrected chi connectivity index (χ3v) is 4.66. The summed E-state index contributed by atoms with van der Waals surface area (Å²) in [7, 11) is 1.75. The van der Waals surface area contributed by atoms with Crippen LogP contribution in [0, 0.1) is 0 Å². The minimum absolute atomic E-state index is 0.0201. The van der Waals surface area contributed by atoms with Gasteiger partial charge in [-0.1, -0.05) is 0 Å². The summed E-state index contributed by atoms with van der Waals surface area (Å²) in [5.74, 6) is -0.596. The van der Waals surface area contributed by atoms with Crippen LogP contribution in [-0.4, -0.2) is 63.6 Å². The highest BCUT2D eigenvalue weighted by Gasteiger charge is 2.31. The van der Waals surface area contributed by atoms with E-state index in [0.29, 0.717) is 31.5 Å². The van der Waals surface area contributed by atoms with Crippen molar-refractivity contribution in [2.45, 2.75) is 37.8 Å². The van der Waals surface area contributed by atoms with Crippen molar-refractivity contribution in [1.82, 2.24) is 30.6 Å². The number of aryl methyl sites for hydroxylation is 1. The molecule has 2 saturated heterocycles. The minimum atomic E-state index is -0.636. The number of nitrogens with one attached hydrogen (secondary N) is 3. The average Bonchev–Trinajstić information content (AvgIpc) is 3.18. The Morgan fingerprint density at radius 1 is 1.31 bits per heavy atom. The number of imide groups is 1. The Labute approximate surface area is 150 Å². The highest BCUT2D eigenvalue weighted by atomic mass is 16.2. The van der Waals surface area contributed by atoms with Gasteiger partial charge in [-0.3, -0.25) is 24.4 Å². The Hall–Kier alpha value is -2.91. The number of amides is 5. The molecule has 0 spiro atoms. The largest absolute Gasteiger partial charge is 0.349 e. The van der Waals surface area contributed by atoms with Crippen LogP contribution in [0.3, 0.4) is 0 Å². The van der Waals surface area contributed by atoms with E-state index >= 15 is 0 Å². The maximum Gasteiger partial charge on any atom is 0.322 e. The second-order valence-corrected chi connectivity index (χ2v) is 6.59. The van der Waals surface area contributed by atoms with E-state index in [0.717, 1.165) is 0 Å². The molecule has 2 aliphatic rings. The molecule has 10 nitrogen and oxygen atoms in total. The van der Waals surface area contributed by atoms with Crippen molar-refractivity contribution in [1.29, 1.82) is 0 Å². The van der Waals surface area contributed by atoms with Crippen LogP contribution >= 0.6 is 0 Å². The second kappa shape index (κ2) is 7.54. The lowest BCUT2D eigenvalue weighted by atomic mass is 10.0. The summed E-state index contributed by atoms with van der Waals surface area (Å²) in [4.78, 5) is 48.7. The maximum absolute atomic E-state index is 12.3. The lowest BCUT2D eigenvalue weighted by molar-refractivity contribution is -0.132. The first-order valence-corrected chi connectivity index (χ1v) is 8.61. The zero-order valence-corrected chi connectivity index (χ0v) is 14.5. The van der Waals surface area contributed by atoms with Gasteiger partial charge in [-0.25, -0.2) is 4.79 Å². The van der Waals surface area contributed by atoms with Gasteiger partial charge in [0.05, 0.1) is 11.8 Å². The Morgan fingerprint density at radius 2 is 2.04 bits per heavy atom. The zero-order valence-electron chi connectivity index (χ0n) is 14.5. The molecule has 3 rings (SSSR count). The SMILES string of the molecule is Cn1cc(C(=O)NC2CCN(C(=O)CCC3NC(=O)NC3=O)CC2)cn1. The van der Waals surface area contributed by atoms with Gasteiger partial charge in [-0.15, -0.1) is 0 Å². The number of hydrogen-bond acceptors (Lipinski definition) is 5. The first kappa shape index (κ1) is 17.9. The van der Waals surface area contributed by atoms with E-state index in [1.807, 2.05) is 0 Å². The number of aromatic nitrogens is 2. The van der Waals surface area contributed by atoms with Gasteiger partial charge in [0.1, 0.15) is 6.04 Å². The van der Waals surface area contributed by atoms with Crippen LogP contribution in [0.2, 0.25) is 0 Å². The fraction of sp³-hybridized carbons (Fsp3) is 0.562. The van der Waals surface area contributed by atoms with E-state index in [-0.39, 0.29) is 36.6 Å². The smallest absolute Gasteiger partial charge is 0.322 e. The number of carbonyl (C=O) groups excluding carboxylic acids is 4. The van der Waals surface area contributed by atoms with Crippen LogP contribution in [0.5, 0.6) is 0 Å². The summed E-state index contributed by atoms with van der Waals surface area (Å²) in [6, 6.07) is -1.13. The highest BCUT2D eigenvalue weighted by molar-refractivity contribution is 6.04. The first-order chi connectivity index (χ1) is 12.4. The number of nitrogens with zero attached hydrogens (tertiary/aromatic N) is 3. The number of rotatable bonds is 5. The lowest BCUT2D eigenvalue weighted by Gasteiger charge is -2.32. The third kappa shape index (κ3) is 4.19. The van der Waals surface area contributed by atoms with Gasteiger partial charge in [0.2, 0.25) is 5.91 Å². The molecule has 26 heavy (non-hydrogen) atoms. The Balaban J connectivity index is 1.40. The van der Waals surface area contributed by atoms with E-state index in [1.54, 1.807) is 22.8 Å². The van der Waals surface area contributed by atoms with Crippen molar-refractivity contribution in [3.8, 4) is 0 Å².